The smallest absolute Gasteiger partial charge is 0.416 e. The molecule has 0 spiro atoms. The lowest BCUT2D eigenvalue weighted by molar-refractivity contribution is -0.215. The van der Waals surface area contributed by atoms with Crippen LogP contribution >= 0.6 is 0 Å². The molecule has 1 aliphatic rings. The molecule has 2 atom stereocenters. The molecule has 0 fully saturated rings. The van der Waals surface area contributed by atoms with E-state index in [1.807, 2.05) is 0 Å². The molecule has 0 aliphatic carbocycles. The van der Waals surface area contributed by atoms with Crippen molar-refractivity contribution in [1.29, 1.82) is 0 Å². The minimum absolute atomic E-state index is 0.0636. The molecule has 5 nitrogen and oxygen atoms in total. The number of carbonyl (C=O) groups excluding carboxylic acids is 2. The van der Waals surface area contributed by atoms with Crippen molar-refractivity contribution in [2.75, 3.05) is 0 Å². The molecule has 148 valence electrons. The van der Waals surface area contributed by atoms with E-state index < -0.39 is 36.0 Å². The molecule has 0 radical (unpaired) electrons. The average Bonchev–Trinajstić information content (AvgIpc) is 2.89. The third-order valence-electron chi connectivity index (χ3n) is 4.41. The standard InChI is InChI=1S/C19H15F4NO4/c1-10(16(25)19(21,22)23)24-17(26)14-7-6-13(8-15(14)18(24)27)28-9-11-2-4-12(20)5-3-11/h2-8,10,16,25H,9H2,1H3. The first-order chi connectivity index (χ1) is 13.1. The monoisotopic (exact) mass is 397 g/mol. The lowest BCUT2D eigenvalue weighted by atomic mass is 10.1. The fourth-order valence-corrected chi connectivity index (χ4v) is 2.86. The summed E-state index contributed by atoms with van der Waals surface area (Å²) in [7, 11) is 0. The van der Waals surface area contributed by atoms with Gasteiger partial charge in [-0.3, -0.25) is 14.5 Å². The minimum Gasteiger partial charge on any atom is -0.489 e. The number of fused-ring (bicyclic) bond motifs is 1. The number of hydrogen-bond donors (Lipinski definition) is 1. The zero-order valence-electron chi connectivity index (χ0n) is 14.5. The van der Waals surface area contributed by atoms with E-state index in [1.54, 1.807) is 0 Å². The van der Waals surface area contributed by atoms with Gasteiger partial charge in [0.05, 0.1) is 17.2 Å². The van der Waals surface area contributed by atoms with Gasteiger partial charge in [-0.15, -0.1) is 0 Å². The van der Waals surface area contributed by atoms with E-state index in [2.05, 4.69) is 0 Å². The topological polar surface area (TPSA) is 66.8 Å². The van der Waals surface area contributed by atoms with Gasteiger partial charge in [0.1, 0.15) is 18.2 Å². The van der Waals surface area contributed by atoms with Crippen molar-refractivity contribution in [2.45, 2.75) is 31.9 Å². The Kier molecular flexibility index (Phi) is 5.12. The predicted molar refractivity (Wildman–Crippen MR) is 89.2 cm³/mol. The van der Waals surface area contributed by atoms with Crippen LogP contribution in [0.25, 0.3) is 0 Å². The summed E-state index contributed by atoms with van der Waals surface area (Å²) in [6.07, 6.45) is -7.83. The maximum absolute atomic E-state index is 12.9. The van der Waals surface area contributed by atoms with Gasteiger partial charge in [-0.05, 0) is 42.8 Å². The van der Waals surface area contributed by atoms with Crippen molar-refractivity contribution in [1.82, 2.24) is 4.90 Å². The highest BCUT2D eigenvalue weighted by molar-refractivity contribution is 6.21. The fourth-order valence-electron chi connectivity index (χ4n) is 2.86. The second kappa shape index (κ2) is 7.23. The Bertz CT molecular complexity index is 911. The van der Waals surface area contributed by atoms with E-state index in [0.29, 0.717) is 10.5 Å². The minimum atomic E-state index is -4.97. The lowest BCUT2D eigenvalue weighted by Gasteiger charge is -2.28. The number of carbonyl (C=O) groups is 2. The van der Waals surface area contributed by atoms with Gasteiger partial charge < -0.3 is 9.84 Å². The molecule has 0 saturated heterocycles. The number of alkyl halides is 3. The Labute approximate surface area is 157 Å². The van der Waals surface area contributed by atoms with Crippen LogP contribution in [0.4, 0.5) is 17.6 Å². The van der Waals surface area contributed by atoms with Gasteiger partial charge in [-0.2, -0.15) is 13.2 Å². The highest BCUT2D eigenvalue weighted by Crippen LogP contribution is 2.32. The van der Waals surface area contributed by atoms with Crippen LogP contribution in [0.5, 0.6) is 5.75 Å². The maximum atomic E-state index is 12.9. The van der Waals surface area contributed by atoms with Crippen LogP contribution in [0.1, 0.15) is 33.2 Å². The van der Waals surface area contributed by atoms with Crippen molar-refractivity contribution >= 4 is 11.8 Å². The molecule has 0 bridgehead atoms. The fraction of sp³-hybridized carbons (Fsp3) is 0.263. The van der Waals surface area contributed by atoms with Crippen molar-refractivity contribution in [3.05, 3.63) is 65.0 Å². The molecule has 9 heteroatoms. The highest BCUT2D eigenvalue weighted by Gasteiger charge is 2.49. The van der Waals surface area contributed by atoms with Crippen LogP contribution < -0.4 is 4.74 Å². The van der Waals surface area contributed by atoms with E-state index in [-0.39, 0.29) is 23.5 Å². The largest absolute Gasteiger partial charge is 0.489 e. The Hall–Kier alpha value is -2.94. The molecule has 0 saturated carbocycles. The van der Waals surface area contributed by atoms with Gasteiger partial charge >= 0.3 is 6.18 Å². The first-order valence-corrected chi connectivity index (χ1v) is 8.23. The molecule has 2 unspecified atom stereocenters. The van der Waals surface area contributed by atoms with Crippen molar-refractivity contribution < 1.29 is 37.0 Å². The molecule has 3 rings (SSSR count). The molecule has 1 aliphatic heterocycles. The Morgan fingerprint density at radius 2 is 1.64 bits per heavy atom. The lowest BCUT2D eigenvalue weighted by Crippen LogP contribution is -2.50. The number of aliphatic hydroxyl groups is 1. The quantitative estimate of drug-likeness (QED) is 0.621. The summed E-state index contributed by atoms with van der Waals surface area (Å²) < 4.78 is 56.6. The molecule has 2 amide bonds. The third kappa shape index (κ3) is 3.70. The van der Waals surface area contributed by atoms with E-state index in [0.717, 1.165) is 6.92 Å². The van der Waals surface area contributed by atoms with Gasteiger partial charge in [0, 0.05) is 0 Å². The Balaban J connectivity index is 1.78. The molecular formula is C19H15F4NO4. The van der Waals surface area contributed by atoms with Gasteiger partial charge in [-0.1, -0.05) is 12.1 Å². The van der Waals surface area contributed by atoms with Crippen LogP contribution in [0.3, 0.4) is 0 Å². The summed E-state index contributed by atoms with van der Waals surface area (Å²) >= 11 is 0. The number of hydrogen-bond acceptors (Lipinski definition) is 4. The SMILES string of the molecule is CC(C(O)C(F)(F)F)N1C(=O)c2ccc(OCc3ccc(F)cc3)cc2C1=O. The maximum Gasteiger partial charge on any atom is 0.416 e. The summed E-state index contributed by atoms with van der Waals surface area (Å²) in [6.45, 7) is 1.01. The van der Waals surface area contributed by atoms with Crippen LogP contribution in [0, 0.1) is 5.82 Å². The van der Waals surface area contributed by atoms with Crippen LogP contribution in [-0.2, 0) is 6.61 Å². The number of nitrogens with zero attached hydrogens (tertiary/aromatic N) is 1. The summed E-state index contributed by atoms with van der Waals surface area (Å²) in [5.74, 6) is -2.04. The molecule has 28 heavy (non-hydrogen) atoms. The molecule has 1 heterocycles. The van der Waals surface area contributed by atoms with E-state index in [4.69, 9.17) is 4.74 Å². The van der Waals surface area contributed by atoms with E-state index >= 15 is 0 Å². The third-order valence-corrected chi connectivity index (χ3v) is 4.41. The first-order valence-electron chi connectivity index (χ1n) is 8.23. The molecule has 1 N–H and O–H groups in total. The van der Waals surface area contributed by atoms with Crippen molar-refractivity contribution in [3.8, 4) is 5.75 Å². The second-order valence-electron chi connectivity index (χ2n) is 6.33. The van der Waals surface area contributed by atoms with Gasteiger partial charge in [-0.25, -0.2) is 4.39 Å². The van der Waals surface area contributed by atoms with Crippen LogP contribution in [0.15, 0.2) is 42.5 Å². The normalized spacial score (nSPS) is 16.1. The Morgan fingerprint density at radius 1 is 1.04 bits per heavy atom. The number of benzene rings is 2. The predicted octanol–water partition coefficient (Wildman–Crippen LogP) is 3.31. The van der Waals surface area contributed by atoms with Gasteiger partial charge in [0.2, 0.25) is 0 Å². The average molecular weight is 397 g/mol. The van der Waals surface area contributed by atoms with Crippen LogP contribution in [0.2, 0.25) is 0 Å². The van der Waals surface area contributed by atoms with E-state index in [1.165, 1.54) is 42.5 Å². The molecular weight excluding hydrogens is 382 g/mol. The van der Waals surface area contributed by atoms with Crippen molar-refractivity contribution in [3.63, 3.8) is 0 Å². The molecule has 2 aromatic carbocycles. The van der Waals surface area contributed by atoms with Crippen LogP contribution in [-0.4, -0.2) is 40.1 Å². The number of halogens is 4. The Morgan fingerprint density at radius 3 is 2.25 bits per heavy atom. The number of rotatable bonds is 5. The zero-order chi connectivity index (χ0) is 20.6. The molecule has 0 aromatic heterocycles. The molecule has 2 aromatic rings. The number of imide groups is 1. The van der Waals surface area contributed by atoms with Crippen molar-refractivity contribution in [2.24, 2.45) is 0 Å². The highest BCUT2D eigenvalue weighted by atomic mass is 19.4. The summed E-state index contributed by atoms with van der Waals surface area (Å²) in [4.78, 5) is 25.2. The van der Waals surface area contributed by atoms with E-state index in [9.17, 15) is 32.3 Å². The zero-order valence-corrected chi connectivity index (χ0v) is 14.5. The summed E-state index contributed by atoms with van der Waals surface area (Å²) in [5.41, 5.74) is 0.482. The number of amides is 2. The summed E-state index contributed by atoms with van der Waals surface area (Å²) in [5, 5.41) is 9.39. The first kappa shape index (κ1) is 19.8. The summed E-state index contributed by atoms with van der Waals surface area (Å²) in [6, 6.07) is 7.70. The van der Waals surface area contributed by atoms with Gasteiger partial charge in [0.15, 0.2) is 6.10 Å². The van der Waals surface area contributed by atoms with Gasteiger partial charge in [0.25, 0.3) is 11.8 Å². The second-order valence-corrected chi connectivity index (χ2v) is 6.33. The number of aliphatic hydroxyl groups excluding tert-OH is 1. The number of ether oxygens (including phenoxy) is 1.